The maximum Gasteiger partial charge on any atom is 0.306 e. The quantitative estimate of drug-likeness (QED) is 0.515. The molecule has 4 nitrogen and oxygen atoms in total. The van der Waals surface area contributed by atoms with Crippen LogP contribution in [0.2, 0.25) is 0 Å². The van der Waals surface area contributed by atoms with E-state index >= 15 is 0 Å². The molecule has 1 fully saturated rings. The molecule has 0 radical (unpaired) electrons. The zero-order valence-corrected chi connectivity index (χ0v) is 8.05. The molecule has 0 aromatic heterocycles. The van der Waals surface area contributed by atoms with Crippen LogP contribution in [-0.2, 0) is 14.3 Å². The lowest BCUT2D eigenvalue weighted by atomic mass is 10.1. The number of esters is 1. The van der Waals surface area contributed by atoms with Crippen LogP contribution in [0.3, 0.4) is 0 Å². The molecule has 4 heteroatoms. The van der Waals surface area contributed by atoms with Gasteiger partial charge in [0.05, 0.1) is 6.10 Å². The highest BCUT2D eigenvalue weighted by molar-refractivity contribution is 5.71. The number of aliphatic hydroxyl groups is 1. The number of cyclic esters (lactones) is 1. The zero-order chi connectivity index (χ0) is 10.1. The van der Waals surface area contributed by atoms with Gasteiger partial charge in [0.1, 0.15) is 18.3 Å². The predicted octanol–water partition coefficient (Wildman–Crippen LogP) is 0.396. The number of carbonyl (C=O) groups excluding carboxylic acids is 1. The van der Waals surface area contributed by atoms with Gasteiger partial charge < -0.3 is 14.6 Å². The van der Waals surface area contributed by atoms with Crippen LogP contribution in [-0.4, -0.2) is 35.5 Å². The first-order chi connectivity index (χ1) is 6.66. The second-order valence-electron chi connectivity index (χ2n) is 3.76. The monoisotopic (exact) mass is 198 g/mol. The Morgan fingerprint density at radius 3 is 2.86 bits per heavy atom. The van der Waals surface area contributed by atoms with Gasteiger partial charge in [-0.1, -0.05) is 12.2 Å². The fraction of sp³-hybridized carbons (Fsp3) is 0.700. The van der Waals surface area contributed by atoms with Crippen LogP contribution >= 0.6 is 0 Å². The third-order valence-electron chi connectivity index (χ3n) is 2.56. The summed E-state index contributed by atoms with van der Waals surface area (Å²) in [5, 5.41) is 9.28. The maximum atomic E-state index is 10.9. The molecule has 78 valence electrons. The standard InChI is InChI=1S/C10H14O4/c1-6(11)7-2-3-8(13-7)9-4-5-10(12)14-9/h2-3,6-9,11H,4-5H2,1H3/t6-,7-,8+,9+/m1/s1. The molecule has 0 bridgehead atoms. The van der Waals surface area contributed by atoms with Crippen molar-refractivity contribution in [2.24, 2.45) is 0 Å². The molecule has 0 unspecified atom stereocenters. The Balaban J connectivity index is 1.90. The molecule has 2 heterocycles. The van der Waals surface area contributed by atoms with Crippen LogP contribution in [0.25, 0.3) is 0 Å². The van der Waals surface area contributed by atoms with Crippen LogP contribution in [0.4, 0.5) is 0 Å². The van der Waals surface area contributed by atoms with Gasteiger partial charge in [-0.15, -0.1) is 0 Å². The summed E-state index contributed by atoms with van der Waals surface area (Å²) in [6, 6.07) is 0. The molecule has 0 aliphatic carbocycles. The predicted molar refractivity (Wildman–Crippen MR) is 48.6 cm³/mol. The number of rotatable bonds is 2. The molecular weight excluding hydrogens is 184 g/mol. The number of aliphatic hydroxyl groups excluding tert-OH is 1. The third-order valence-corrected chi connectivity index (χ3v) is 2.56. The lowest BCUT2D eigenvalue weighted by molar-refractivity contribution is -0.146. The minimum absolute atomic E-state index is 0.160. The van der Waals surface area contributed by atoms with Gasteiger partial charge in [-0.3, -0.25) is 4.79 Å². The van der Waals surface area contributed by atoms with Gasteiger partial charge in [0.25, 0.3) is 0 Å². The van der Waals surface area contributed by atoms with E-state index in [1.54, 1.807) is 6.92 Å². The Morgan fingerprint density at radius 2 is 2.36 bits per heavy atom. The molecule has 14 heavy (non-hydrogen) atoms. The van der Waals surface area contributed by atoms with Crippen molar-refractivity contribution in [2.45, 2.75) is 44.2 Å². The Kier molecular flexibility index (Phi) is 2.56. The number of hydrogen-bond donors (Lipinski definition) is 1. The largest absolute Gasteiger partial charge is 0.459 e. The number of carbonyl (C=O) groups is 1. The van der Waals surface area contributed by atoms with E-state index in [0.29, 0.717) is 12.8 Å². The second kappa shape index (κ2) is 3.71. The van der Waals surface area contributed by atoms with Crippen LogP contribution in [0.15, 0.2) is 12.2 Å². The summed E-state index contributed by atoms with van der Waals surface area (Å²) in [5.41, 5.74) is 0. The van der Waals surface area contributed by atoms with E-state index in [4.69, 9.17) is 9.47 Å². The van der Waals surface area contributed by atoms with E-state index in [0.717, 1.165) is 0 Å². The summed E-state index contributed by atoms with van der Waals surface area (Å²) in [5.74, 6) is -0.160. The van der Waals surface area contributed by atoms with E-state index in [1.165, 1.54) is 0 Å². The fourth-order valence-corrected chi connectivity index (χ4v) is 1.76. The smallest absolute Gasteiger partial charge is 0.306 e. The molecule has 2 rings (SSSR count). The average Bonchev–Trinajstić information content (AvgIpc) is 2.70. The normalized spacial score (nSPS) is 38.7. The zero-order valence-electron chi connectivity index (χ0n) is 8.05. The fourth-order valence-electron chi connectivity index (χ4n) is 1.76. The molecule has 4 atom stereocenters. The summed E-state index contributed by atoms with van der Waals surface area (Å²) >= 11 is 0. The lowest BCUT2D eigenvalue weighted by Gasteiger charge is -2.19. The molecule has 1 N–H and O–H groups in total. The molecule has 0 spiro atoms. The SMILES string of the molecule is C[C@@H](O)[C@H]1C=C[C@@H]([C@@H]2CCC(=O)O2)O1. The van der Waals surface area contributed by atoms with Crippen LogP contribution in [0, 0.1) is 0 Å². The van der Waals surface area contributed by atoms with E-state index in [1.807, 2.05) is 12.2 Å². The summed E-state index contributed by atoms with van der Waals surface area (Å²) < 4.78 is 10.6. The first-order valence-electron chi connectivity index (χ1n) is 4.88. The van der Waals surface area contributed by atoms with Gasteiger partial charge in [-0.2, -0.15) is 0 Å². The van der Waals surface area contributed by atoms with Crippen molar-refractivity contribution in [3.05, 3.63) is 12.2 Å². The Morgan fingerprint density at radius 1 is 1.57 bits per heavy atom. The first-order valence-corrected chi connectivity index (χ1v) is 4.88. The van der Waals surface area contributed by atoms with Crippen molar-refractivity contribution in [1.82, 2.24) is 0 Å². The minimum atomic E-state index is -0.520. The van der Waals surface area contributed by atoms with Crippen LogP contribution in [0.1, 0.15) is 19.8 Å². The Bertz CT molecular complexity index is 259. The van der Waals surface area contributed by atoms with Crippen molar-refractivity contribution in [2.75, 3.05) is 0 Å². The van der Waals surface area contributed by atoms with Gasteiger partial charge >= 0.3 is 5.97 Å². The molecule has 0 aromatic rings. The van der Waals surface area contributed by atoms with Crippen molar-refractivity contribution >= 4 is 5.97 Å². The number of ether oxygens (including phenoxy) is 2. The van der Waals surface area contributed by atoms with E-state index in [-0.39, 0.29) is 24.3 Å². The Hall–Kier alpha value is -0.870. The summed E-state index contributed by atoms with van der Waals surface area (Å²) in [4.78, 5) is 10.9. The third kappa shape index (κ3) is 1.81. The molecule has 1 saturated heterocycles. The van der Waals surface area contributed by atoms with Gasteiger partial charge in [-0.25, -0.2) is 0 Å². The van der Waals surface area contributed by atoms with Crippen molar-refractivity contribution < 1.29 is 19.4 Å². The number of hydrogen-bond acceptors (Lipinski definition) is 4. The van der Waals surface area contributed by atoms with Gasteiger partial charge in [0.2, 0.25) is 0 Å². The summed E-state index contributed by atoms with van der Waals surface area (Å²) in [6.45, 7) is 1.68. The molecule has 0 saturated carbocycles. The van der Waals surface area contributed by atoms with Crippen LogP contribution in [0.5, 0.6) is 0 Å². The molecule has 2 aliphatic rings. The highest BCUT2D eigenvalue weighted by Gasteiger charge is 2.35. The van der Waals surface area contributed by atoms with Crippen molar-refractivity contribution in [3.8, 4) is 0 Å². The molecular formula is C10H14O4. The van der Waals surface area contributed by atoms with Gasteiger partial charge in [0.15, 0.2) is 0 Å². The highest BCUT2D eigenvalue weighted by atomic mass is 16.6. The van der Waals surface area contributed by atoms with Crippen LogP contribution < -0.4 is 0 Å². The van der Waals surface area contributed by atoms with Crippen molar-refractivity contribution in [1.29, 1.82) is 0 Å². The van der Waals surface area contributed by atoms with Gasteiger partial charge in [-0.05, 0) is 13.3 Å². The average molecular weight is 198 g/mol. The van der Waals surface area contributed by atoms with E-state index in [9.17, 15) is 9.90 Å². The minimum Gasteiger partial charge on any atom is -0.459 e. The highest BCUT2D eigenvalue weighted by Crippen LogP contribution is 2.25. The second-order valence-corrected chi connectivity index (χ2v) is 3.76. The van der Waals surface area contributed by atoms with E-state index < -0.39 is 6.10 Å². The molecule has 2 aliphatic heterocycles. The topological polar surface area (TPSA) is 55.8 Å². The summed E-state index contributed by atoms with van der Waals surface area (Å²) in [6.07, 6.45) is 3.73. The summed E-state index contributed by atoms with van der Waals surface area (Å²) in [7, 11) is 0. The lowest BCUT2D eigenvalue weighted by Crippen LogP contribution is -2.30. The maximum absolute atomic E-state index is 10.9. The molecule has 0 amide bonds. The molecule has 0 aromatic carbocycles. The Labute approximate surface area is 82.5 Å². The first kappa shape index (κ1) is 9.68. The van der Waals surface area contributed by atoms with Gasteiger partial charge in [0, 0.05) is 6.42 Å². The van der Waals surface area contributed by atoms with E-state index in [2.05, 4.69) is 0 Å². The van der Waals surface area contributed by atoms with Crippen molar-refractivity contribution in [3.63, 3.8) is 0 Å².